The normalized spacial score (nSPS) is 21.4. The second-order valence-electron chi connectivity index (χ2n) is 3.43. The van der Waals surface area contributed by atoms with Gasteiger partial charge in [0.1, 0.15) is 11.5 Å². The molecule has 16 heavy (non-hydrogen) atoms. The maximum atomic E-state index is 11.8. The molecule has 0 spiro atoms. The molecule has 1 saturated heterocycles. The van der Waals surface area contributed by atoms with Crippen LogP contribution in [-0.2, 0) is 4.79 Å². The number of aryl methyl sites for hydroxylation is 1. The van der Waals surface area contributed by atoms with Gasteiger partial charge in [0, 0.05) is 20.2 Å². The molecule has 1 fully saturated rings. The molecule has 0 aliphatic carbocycles. The van der Waals surface area contributed by atoms with Gasteiger partial charge in [-0.1, -0.05) is 0 Å². The van der Waals surface area contributed by atoms with Gasteiger partial charge in [-0.2, -0.15) is 0 Å². The Kier molecular flexibility index (Phi) is 2.87. The predicted molar refractivity (Wildman–Crippen MR) is 65.1 cm³/mol. The SMILES string of the molecule is CN=C1S/C(=C\c2ccc(C)o2)C(=O)N1C. The second-order valence-corrected chi connectivity index (χ2v) is 4.44. The summed E-state index contributed by atoms with van der Waals surface area (Å²) >= 11 is 1.36. The molecule has 0 atom stereocenters. The highest BCUT2D eigenvalue weighted by Gasteiger charge is 2.29. The van der Waals surface area contributed by atoms with Gasteiger partial charge in [0.05, 0.1) is 4.91 Å². The van der Waals surface area contributed by atoms with Crippen molar-refractivity contribution in [1.29, 1.82) is 0 Å². The third-order valence-corrected chi connectivity index (χ3v) is 3.38. The van der Waals surface area contributed by atoms with Crippen LogP contribution in [0.4, 0.5) is 0 Å². The molecule has 1 aliphatic rings. The zero-order valence-electron chi connectivity index (χ0n) is 9.35. The van der Waals surface area contributed by atoms with Gasteiger partial charge in [0.25, 0.3) is 5.91 Å². The van der Waals surface area contributed by atoms with Crippen LogP contribution in [-0.4, -0.2) is 30.1 Å². The summed E-state index contributed by atoms with van der Waals surface area (Å²) in [7, 11) is 3.39. The van der Waals surface area contributed by atoms with E-state index in [-0.39, 0.29) is 5.91 Å². The molecule has 0 radical (unpaired) electrons. The van der Waals surface area contributed by atoms with E-state index in [2.05, 4.69) is 4.99 Å². The van der Waals surface area contributed by atoms with Gasteiger partial charge in [-0.25, -0.2) is 0 Å². The lowest BCUT2D eigenvalue weighted by Gasteiger charge is -2.04. The fourth-order valence-corrected chi connectivity index (χ4v) is 2.32. The van der Waals surface area contributed by atoms with Gasteiger partial charge >= 0.3 is 0 Å². The van der Waals surface area contributed by atoms with Crippen molar-refractivity contribution < 1.29 is 9.21 Å². The van der Waals surface area contributed by atoms with E-state index in [9.17, 15) is 4.79 Å². The van der Waals surface area contributed by atoms with E-state index in [1.807, 2.05) is 19.1 Å². The van der Waals surface area contributed by atoms with Gasteiger partial charge in [0.15, 0.2) is 5.17 Å². The molecule has 2 heterocycles. The molecule has 5 heteroatoms. The average Bonchev–Trinajstić information content (AvgIpc) is 2.78. The first kappa shape index (κ1) is 11.0. The van der Waals surface area contributed by atoms with Crippen molar-refractivity contribution in [1.82, 2.24) is 4.90 Å². The summed E-state index contributed by atoms with van der Waals surface area (Å²) < 4.78 is 5.40. The molecule has 1 aliphatic heterocycles. The summed E-state index contributed by atoms with van der Waals surface area (Å²) in [4.78, 5) is 18.0. The molecule has 0 unspecified atom stereocenters. The summed E-state index contributed by atoms with van der Waals surface area (Å²) in [5.74, 6) is 1.48. The van der Waals surface area contributed by atoms with Crippen molar-refractivity contribution >= 4 is 28.9 Å². The zero-order chi connectivity index (χ0) is 11.7. The number of likely N-dealkylation sites (N-methyl/N-ethyl adjacent to an activating group) is 1. The van der Waals surface area contributed by atoms with Gasteiger partial charge in [-0.3, -0.25) is 14.7 Å². The van der Waals surface area contributed by atoms with Crippen LogP contribution in [0.3, 0.4) is 0 Å². The number of furan rings is 1. The lowest BCUT2D eigenvalue weighted by atomic mass is 10.3. The largest absolute Gasteiger partial charge is 0.462 e. The molecule has 4 nitrogen and oxygen atoms in total. The van der Waals surface area contributed by atoms with Crippen LogP contribution >= 0.6 is 11.8 Å². The van der Waals surface area contributed by atoms with Gasteiger partial charge in [0.2, 0.25) is 0 Å². The number of aliphatic imine (C=N–C) groups is 1. The lowest BCUT2D eigenvalue weighted by molar-refractivity contribution is -0.121. The summed E-state index contributed by atoms with van der Waals surface area (Å²) in [5.41, 5.74) is 0. The minimum absolute atomic E-state index is 0.0420. The number of amidine groups is 1. The van der Waals surface area contributed by atoms with Crippen LogP contribution in [0.1, 0.15) is 11.5 Å². The number of rotatable bonds is 1. The summed E-state index contributed by atoms with van der Waals surface area (Å²) in [5, 5.41) is 0.708. The van der Waals surface area contributed by atoms with Crippen LogP contribution in [0.15, 0.2) is 26.4 Å². The molecule has 0 N–H and O–H groups in total. The van der Waals surface area contributed by atoms with E-state index >= 15 is 0 Å². The smallest absolute Gasteiger partial charge is 0.266 e. The number of carbonyl (C=O) groups is 1. The fourth-order valence-electron chi connectivity index (χ4n) is 1.41. The van der Waals surface area contributed by atoms with Gasteiger partial charge in [-0.15, -0.1) is 0 Å². The summed E-state index contributed by atoms with van der Waals surface area (Å²) in [6, 6.07) is 3.71. The minimum atomic E-state index is -0.0420. The topological polar surface area (TPSA) is 45.8 Å². The van der Waals surface area contributed by atoms with Crippen LogP contribution in [0, 0.1) is 6.92 Å². The molecule has 0 saturated carbocycles. The minimum Gasteiger partial charge on any atom is -0.462 e. The molecule has 2 rings (SSSR count). The highest BCUT2D eigenvalue weighted by atomic mass is 32.2. The molecular weight excluding hydrogens is 224 g/mol. The lowest BCUT2D eigenvalue weighted by Crippen LogP contribution is -2.23. The first-order chi connectivity index (χ1) is 7.61. The first-order valence-corrected chi connectivity index (χ1v) is 5.64. The van der Waals surface area contributed by atoms with Crippen molar-refractivity contribution in [2.45, 2.75) is 6.92 Å². The van der Waals surface area contributed by atoms with Crippen molar-refractivity contribution in [2.75, 3.05) is 14.1 Å². The quantitative estimate of drug-likeness (QED) is 0.702. The van der Waals surface area contributed by atoms with Crippen LogP contribution in [0.25, 0.3) is 6.08 Å². The number of amides is 1. The van der Waals surface area contributed by atoms with Gasteiger partial charge in [-0.05, 0) is 30.8 Å². The number of thioether (sulfide) groups is 1. The fraction of sp³-hybridized carbons (Fsp3) is 0.273. The second kappa shape index (κ2) is 4.17. The molecule has 1 aromatic rings. The predicted octanol–water partition coefficient (Wildman–Crippen LogP) is 2.12. The van der Waals surface area contributed by atoms with Crippen molar-refractivity contribution in [3.63, 3.8) is 0 Å². The standard InChI is InChI=1S/C11H12N2O2S/c1-7-4-5-8(15-7)6-9-10(14)13(3)11(12-2)16-9/h4-6H,1-3H3/b9-6-,12-11?. The maximum Gasteiger partial charge on any atom is 0.266 e. The Labute approximate surface area is 98.0 Å². The maximum absolute atomic E-state index is 11.8. The third kappa shape index (κ3) is 1.90. The van der Waals surface area contributed by atoms with E-state index in [4.69, 9.17) is 4.42 Å². The number of nitrogens with zero attached hydrogens (tertiary/aromatic N) is 2. The summed E-state index contributed by atoms with van der Waals surface area (Å²) in [6.45, 7) is 1.87. The number of carbonyl (C=O) groups excluding carboxylic acids is 1. The van der Waals surface area contributed by atoms with E-state index in [0.717, 1.165) is 5.76 Å². The van der Waals surface area contributed by atoms with Crippen molar-refractivity contribution in [3.05, 3.63) is 28.6 Å². The highest BCUT2D eigenvalue weighted by Crippen LogP contribution is 2.31. The monoisotopic (exact) mass is 236 g/mol. The highest BCUT2D eigenvalue weighted by molar-refractivity contribution is 8.18. The average molecular weight is 236 g/mol. The van der Waals surface area contributed by atoms with Gasteiger partial charge < -0.3 is 4.42 Å². The van der Waals surface area contributed by atoms with Crippen LogP contribution in [0.2, 0.25) is 0 Å². The van der Waals surface area contributed by atoms with Crippen LogP contribution < -0.4 is 0 Å². The molecule has 0 aromatic carbocycles. The van der Waals surface area contributed by atoms with Crippen molar-refractivity contribution in [3.8, 4) is 0 Å². The Hall–Kier alpha value is -1.49. The Balaban J connectivity index is 2.30. The molecule has 1 amide bonds. The number of hydrogen-bond acceptors (Lipinski definition) is 4. The third-order valence-electron chi connectivity index (χ3n) is 2.23. The van der Waals surface area contributed by atoms with Crippen molar-refractivity contribution in [2.24, 2.45) is 4.99 Å². The number of hydrogen-bond donors (Lipinski definition) is 0. The molecular formula is C11H12N2O2S. The first-order valence-electron chi connectivity index (χ1n) is 4.82. The zero-order valence-corrected chi connectivity index (χ0v) is 10.2. The van der Waals surface area contributed by atoms with E-state index in [1.165, 1.54) is 16.7 Å². The van der Waals surface area contributed by atoms with E-state index < -0.39 is 0 Å². The Morgan fingerprint density at radius 3 is 2.75 bits per heavy atom. The summed E-state index contributed by atoms with van der Waals surface area (Å²) in [6.07, 6.45) is 1.74. The Morgan fingerprint density at radius 1 is 1.50 bits per heavy atom. The Morgan fingerprint density at radius 2 is 2.25 bits per heavy atom. The molecule has 0 bridgehead atoms. The molecule has 84 valence electrons. The molecule has 1 aromatic heterocycles. The van der Waals surface area contributed by atoms with Crippen LogP contribution in [0.5, 0.6) is 0 Å². The Bertz CT molecular complexity index is 488. The van der Waals surface area contributed by atoms with E-state index in [1.54, 1.807) is 20.2 Å². The van der Waals surface area contributed by atoms with E-state index in [0.29, 0.717) is 15.8 Å².